The van der Waals surface area contributed by atoms with Crippen molar-refractivity contribution in [1.29, 1.82) is 0 Å². The van der Waals surface area contributed by atoms with Crippen LogP contribution in [0.25, 0.3) is 10.2 Å². The van der Waals surface area contributed by atoms with Gasteiger partial charge in [0.2, 0.25) is 5.43 Å². The van der Waals surface area contributed by atoms with Crippen LogP contribution in [0.15, 0.2) is 70.5 Å². The SMILES string of the molecule is CCOC(=O)c1c[nH]c2c(C(=O)NNS(=O)(=O)c3ccc(C)cc3)c(Nc3ccccc3)sc2c1=O. The smallest absolute Gasteiger partial charge is 0.343 e. The van der Waals surface area contributed by atoms with Crippen molar-refractivity contribution in [3.63, 3.8) is 0 Å². The number of aromatic amines is 1. The highest BCUT2D eigenvalue weighted by Crippen LogP contribution is 2.35. The van der Waals surface area contributed by atoms with E-state index >= 15 is 0 Å². The fraction of sp³-hybridized carbons (Fsp3) is 0.125. The number of carbonyl (C=O) groups excluding carboxylic acids is 2. The Bertz CT molecular complexity index is 1590. The van der Waals surface area contributed by atoms with Crippen molar-refractivity contribution in [3.05, 3.63) is 87.7 Å². The molecule has 4 rings (SSSR count). The Hall–Kier alpha value is -4.00. The number of hydrazine groups is 1. The lowest BCUT2D eigenvalue weighted by Crippen LogP contribution is -2.41. The van der Waals surface area contributed by atoms with Gasteiger partial charge >= 0.3 is 5.97 Å². The van der Waals surface area contributed by atoms with Crippen LogP contribution in [-0.4, -0.2) is 31.9 Å². The Morgan fingerprint density at radius 1 is 1.06 bits per heavy atom. The van der Waals surface area contributed by atoms with Gasteiger partial charge in [0.15, 0.2) is 0 Å². The molecule has 0 spiro atoms. The van der Waals surface area contributed by atoms with Crippen LogP contribution in [0.3, 0.4) is 0 Å². The van der Waals surface area contributed by atoms with E-state index in [9.17, 15) is 22.8 Å². The fourth-order valence-corrected chi connectivity index (χ4v) is 5.31. The number of ether oxygens (including phenoxy) is 1. The van der Waals surface area contributed by atoms with Gasteiger partial charge in [-0.3, -0.25) is 15.0 Å². The van der Waals surface area contributed by atoms with E-state index in [1.54, 1.807) is 43.3 Å². The van der Waals surface area contributed by atoms with Crippen molar-refractivity contribution in [3.8, 4) is 0 Å². The number of sulfonamides is 1. The van der Waals surface area contributed by atoms with Gasteiger partial charge in [-0.15, -0.1) is 16.2 Å². The molecule has 0 radical (unpaired) electrons. The average Bonchev–Trinajstić information content (AvgIpc) is 3.22. The number of pyridine rings is 1. The minimum absolute atomic E-state index is 0.00188. The van der Waals surface area contributed by atoms with Crippen molar-refractivity contribution >= 4 is 54.1 Å². The summed E-state index contributed by atoms with van der Waals surface area (Å²) in [6, 6.07) is 15.0. The summed E-state index contributed by atoms with van der Waals surface area (Å²) < 4.78 is 30.3. The predicted octanol–water partition coefficient (Wildman–Crippen LogP) is 3.44. The molecule has 0 fully saturated rings. The first-order valence-corrected chi connectivity index (χ1v) is 13.1. The first kappa shape index (κ1) is 25.1. The van der Waals surface area contributed by atoms with Crippen LogP contribution in [0.2, 0.25) is 0 Å². The molecule has 12 heteroatoms. The highest BCUT2D eigenvalue weighted by atomic mass is 32.2. The Morgan fingerprint density at radius 3 is 2.42 bits per heavy atom. The van der Waals surface area contributed by atoms with Gasteiger partial charge in [0.25, 0.3) is 15.9 Å². The van der Waals surface area contributed by atoms with Crippen molar-refractivity contribution in [2.24, 2.45) is 0 Å². The van der Waals surface area contributed by atoms with E-state index < -0.39 is 27.3 Å². The number of fused-ring (bicyclic) bond motifs is 1. The number of benzene rings is 2. The number of rotatable bonds is 8. The quantitative estimate of drug-likeness (QED) is 0.203. The summed E-state index contributed by atoms with van der Waals surface area (Å²) in [5, 5.41) is 3.36. The van der Waals surface area contributed by atoms with E-state index in [0.29, 0.717) is 5.69 Å². The third-order valence-corrected chi connectivity index (χ3v) is 7.47. The number of hydrogen-bond donors (Lipinski definition) is 4. The minimum Gasteiger partial charge on any atom is -0.462 e. The van der Waals surface area contributed by atoms with E-state index in [2.05, 4.69) is 20.6 Å². The lowest BCUT2D eigenvalue weighted by molar-refractivity contribution is 0.0524. The van der Waals surface area contributed by atoms with Gasteiger partial charge in [0.1, 0.15) is 15.3 Å². The number of carbonyl (C=O) groups is 2. The molecule has 4 N–H and O–H groups in total. The summed E-state index contributed by atoms with van der Waals surface area (Å²) in [7, 11) is -4.05. The summed E-state index contributed by atoms with van der Waals surface area (Å²) in [6.45, 7) is 3.54. The summed E-state index contributed by atoms with van der Waals surface area (Å²) >= 11 is 0.954. The monoisotopic (exact) mass is 526 g/mol. The molecule has 0 aliphatic rings. The predicted molar refractivity (Wildman–Crippen MR) is 137 cm³/mol. The molecule has 0 atom stereocenters. The number of esters is 1. The van der Waals surface area contributed by atoms with E-state index in [-0.39, 0.29) is 37.8 Å². The summed E-state index contributed by atoms with van der Waals surface area (Å²) in [5.74, 6) is -1.60. The lowest BCUT2D eigenvalue weighted by Gasteiger charge is -2.11. The van der Waals surface area contributed by atoms with Crippen LogP contribution in [0.5, 0.6) is 0 Å². The number of hydrogen-bond acceptors (Lipinski definition) is 8. The number of thiophene rings is 1. The topological polar surface area (TPSA) is 146 Å². The first-order chi connectivity index (χ1) is 17.2. The highest BCUT2D eigenvalue weighted by Gasteiger charge is 2.25. The van der Waals surface area contributed by atoms with Gasteiger partial charge in [-0.1, -0.05) is 35.9 Å². The van der Waals surface area contributed by atoms with Crippen molar-refractivity contribution < 1.29 is 22.7 Å². The van der Waals surface area contributed by atoms with E-state index in [1.807, 2.05) is 13.0 Å². The number of amides is 1. The normalized spacial score (nSPS) is 11.3. The first-order valence-electron chi connectivity index (χ1n) is 10.8. The molecular weight excluding hydrogens is 504 g/mol. The molecule has 2 aromatic heterocycles. The molecule has 0 aliphatic carbocycles. The van der Waals surface area contributed by atoms with Crippen LogP contribution in [0, 0.1) is 6.92 Å². The Balaban J connectivity index is 1.73. The molecule has 36 heavy (non-hydrogen) atoms. The number of anilines is 2. The Morgan fingerprint density at radius 2 is 1.75 bits per heavy atom. The second-order valence-corrected chi connectivity index (χ2v) is 10.3. The molecule has 4 aromatic rings. The summed E-state index contributed by atoms with van der Waals surface area (Å²) in [6.07, 6.45) is 1.18. The molecule has 2 heterocycles. The zero-order valence-corrected chi connectivity index (χ0v) is 20.9. The van der Waals surface area contributed by atoms with Gasteiger partial charge in [0, 0.05) is 11.9 Å². The Labute approximate surface area is 210 Å². The van der Waals surface area contributed by atoms with Gasteiger partial charge in [-0.05, 0) is 38.1 Å². The van der Waals surface area contributed by atoms with Crippen LogP contribution in [-0.2, 0) is 14.8 Å². The standard InChI is InChI=1S/C24H22N4O6S2/c1-3-34-24(31)17-13-25-19-18(22(30)27-28-36(32,33)16-11-9-14(2)10-12-16)23(35-21(19)20(17)29)26-15-7-5-4-6-8-15/h4-13,26,28H,3H2,1-2H3,(H,25,29)(H,27,30). The molecule has 0 aliphatic heterocycles. The number of H-pyrrole nitrogens is 1. The van der Waals surface area contributed by atoms with E-state index in [4.69, 9.17) is 4.74 Å². The zero-order chi connectivity index (χ0) is 25.9. The van der Waals surface area contributed by atoms with Gasteiger partial charge in [-0.2, -0.15) is 0 Å². The van der Waals surface area contributed by atoms with Crippen LogP contribution in [0.1, 0.15) is 33.2 Å². The van der Waals surface area contributed by atoms with E-state index in [1.165, 1.54) is 18.3 Å². The largest absolute Gasteiger partial charge is 0.462 e. The number of aromatic nitrogens is 1. The maximum absolute atomic E-state index is 13.2. The van der Waals surface area contributed by atoms with Crippen LogP contribution < -0.4 is 21.0 Å². The zero-order valence-electron chi connectivity index (χ0n) is 19.2. The molecule has 2 aromatic carbocycles. The third-order valence-electron chi connectivity index (χ3n) is 5.10. The minimum atomic E-state index is -4.05. The highest BCUT2D eigenvalue weighted by molar-refractivity contribution is 7.89. The van der Waals surface area contributed by atoms with Gasteiger partial charge in [0.05, 0.1) is 22.6 Å². The molecule has 0 saturated heterocycles. The second kappa shape index (κ2) is 10.3. The second-order valence-electron chi connectivity index (χ2n) is 7.63. The lowest BCUT2D eigenvalue weighted by atomic mass is 10.2. The van der Waals surface area contributed by atoms with Gasteiger partial charge < -0.3 is 15.0 Å². The maximum atomic E-state index is 13.2. The Kier molecular flexibility index (Phi) is 7.20. The number of aryl methyl sites for hydroxylation is 1. The molecule has 1 amide bonds. The van der Waals surface area contributed by atoms with Crippen molar-refractivity contribution in [2.75, 3.05) is 11.9 Å². The molecule has 0 saturated carbocycles. The van der Waals surface area contributed by atoms with Gasteiger partial charge in [-0.25, -0.2) is 13.2 Å². The molecule has 0 bridgehead atoms. The molecular formula is C24H22N4O6S2. The van der Waals surface area contributed by atoms with Crippen molar-refractivity contribution in [2.45, 2.75) is 18.7 Å². The summed E-state index contributed by atoms with van der Waals surface area (Å²) in [5.41, 5.74) is 3.05. The van der Waals surface area contributed by atoms with Crippen molar-refractivity contribution in [1.82, 2.24) is 15.2 Å². The van der Waals surface area contributed by atoms with Crippen LogP contribution >= 0.6 is 11.3 Å². The average molecular weight is 527 g/mol. The molecule has 0 unspecified atom stereocenters. The van der Waals surface area contributed by atoms with Crippen LogP contribution in [0.4, 0.5) is 10.7 Å². The molecule has 186 valence electrons. The van der Waals surface area contributed by atoms with E-state index in [0.717, 1.165) is 16.9 Å². The maximum Gasteiger partial charge on any atom is 0.343 e. The summed E-state index contributed by atoms with van der Waals surface area (Å²) in [4.78, 5) is 43.3. The fourth-order valence-electron chi connectivity index (χ4n) is 3.33. The molecule has 10 nitrogen and oxygen atoms in total. The number of nitrogens with one attached hydrogen (secondary N) is 4. The number of para-hydroxylation sites is 1. The third kappa shape index (κ3) is 5.15.